The Labute approximate surface area is 182 Å². The van der Waals surface area contributed by atoms with Crippen LogP contribution in [0.5, 0.6) is 17.2 Å². The van der Waals surface area contributed by atoms with Crippen molar-refractivity contribution in [1.82, 2.24) is 0 Å². The standard InChI is InChI=1S/C23H27Cl2FO3/c1-3-17-15-21(28-14-11-22(25)26)16-18(4-2)23(17)29-13-6-5-12-27-20-9-7-19(24)8-10-20/h7-11,15-16H,3-6,12-14H2,1-2H3. The maximum Gasteiger partial charge on any atom is 0.188 e. The van der Waals surface area contributed by atoms with Crippen molar-refractivity contribution in [3.05, 3.63) is 63.9 Å². The third kappa shape index (κ3) is 8.15. The van der Waals surface area contributed by atoms with E-state index in [4.69, 9.17) is 37.4 Å². The molecule has 0 aliphatic rings. The van der Waals surface area contributed by atoms with E-state index in [1.165, 1.54) is 6.08 Å². The van der Waals surface area contributed by atoms with Crippen LogP contribution in [0.4, 0.5) is 4.39 Å². The Morgan fingerprint density at radius 2 is 1.48 bits per heavy atom. The third-order valence-corrected chi connectivity index (χ3v) is 4.74. The zero-order chi connectivity index (χ0) is 21.1. The smallest absolute Gasteiger partial charge is 0.188 e. The third-order valence-electron chi connectivity index (χ3n) is 4.33. The number of rotatable bonds is 12. The van der Waals surface area contributed by atoms with E-state index in [9.17, 15) is 4.39 Å². The summed E-state index contributed by atoms with van der Waals surface area (Å²) < 4.78 is 30.0. The first kappa shape index (κ1) is 23.4. The van der Waals surface area contributed by atoms with Crippen molar-refractivity contribution in [3.8, 4) is 17.2 Å². The van der Waals surface area contributed by atoms with Crippen molar-refractivity contribution in [2.45, 2.75) is 39.5 Å². The molecule has 2 aromatic rings. The van der Waals surface area contributed by atoms with Gasteiger partial charge < -0.3 is 14.2 Å². The summed E-state index contributed by atoms with van der Waals surface area (Å²) in [6, 6.07) is 11.2. The molecule has 0 fully saturated rings. The Bertz CT molecular complexity index is 762. The van der Waals surface area contributed by atoms with E-state index in [1.807, 2.05) is 36.4 Å². The average Bonchev–Trinajstić information content (AvgIpc) is 2.71. The van der Waals surface area contributed by atoms with Crippen LogP contribution >= 0.6 is 23.2 Å². The molecule has 0 N–H and O–H groups in total. The largest absolute Gasteiger partial charge is 0.494 e. The molecular weight excluding hydrogens is 414 g/mol. The molecule has 0 atom stereocenters. The Kier molecular flexibility index (Phi) is 10.2. The van der Waals surface area contributed by atoms with Gasteiger partial charge in [0.2, 0.25) is 0 Å². The molecule has 0 saturated carbocycles. The summed E-state index contributed by atoms with van der Waals surface area (Å²) in [5.74, 6) is 2.42. The van der Waals surface area contributed by atoms with Crippen molar-refractivity contribution in [2.24, 2.45) is 0 Å². The molecule has 0 spiro atoms. The highest BCUT2D eigenvalue weighted by Crippen LogP contribution is 2.31. The lowest BCUT2D eigenvalue weighted by molar-refractivity contribution is 0.263. The average molecular weight is 441 g/mol. The van der Waals surface area contributed by atoms with Crippen molar-refractivity contribution in [3.63, 3.8) is 0 Å². The van der Waals surface area contributed by atoms with Crippen molar-refractivity contribution in [1.29, 1.82) is 0 Å². The van der Waals surface area contributed by atoms with Crippen LogP contribution in [0.15, 0.2) is 47.8 Å². The first-order chi connectivity index (χ1) is 14.0. The Hall–Kier alpha value is -1.91. The zero-order valence-electron chi connectivity index (χ0n) is 16.8. The van der Waals surface area contributed by atoms with E-state index in [-0.39, 0.29) is 6.61 Å². The molecule has 3 nitrogen and oxygen atoms in total. The highest BCUT2D eigenvalue weighted by Gasteiger charge is 2.11. The molecule has 0 aromatic heterocycles. The number of ether oxygens (including phenoxy) is 3. The summed E-state index contributed by atoms with van der Waals surface area (Å²) in [5.41, 5.74) is 2.15. The minimum atomic E-state index is -0.767. The summed E-state index contributed by atoms with van der Waals surface area (Å²) in [5, 5.41) is -0.0697. The maximum absolute atomic E-state index is 12.6. The SMILES string of the molecule is CCc1cc(OCC=C(F)Cl)cc(CC)c1OCCCCOc1ccc(Cl)cc1. The molecule has 0 heterocycles. The lowest BCUT2D eigenvalue weighted by Gasteiger charge is -2.17. The lowest BCUT2D eigenvalue weighted by Crippen LogP contribution is -2.06. The fourth-order valence-corrected chi connectivity index (χ4v) is 3.01. The Morgan fingerprint density at radius 3 is 2.03 bits per heavy atom. The molecule has 2 rings (SSSR count). The molecule has 2 aromatic carbocycles. The van der Waals surface area contributed by atoms with Crippen molar-refractivity contribution < 1.29 is 18.6 Å². The van der Waals surface area contributed by atoms with Gasteiger partial charge in [0.25, 0.3) is 0 Å². The quantitative estimate of drug-likeness (QED) is 0.328. The van der Waals surface area contributed by atoms with Crippen LogP contribution in [0.25, 0.3) is 0 Å². The Balaban J connectivity index is 1.85. The van der Waals surface area contributed by atoms with Crippen LogP contribution in [-0.4, -0.2) is 19.8 Å². The van der Waals surface area contributed by atoms with Gasteiger partial charge in [-0.3, -0.25) is 0 Å². The van der Waals surface area contributed by atoms with Gasteiger partial charge >= 0.3 is 0 Å². The summed E-state index contributed by atoms with van der Waals surface area (Å²) in [7, 11) is 0. The van der Waals surface area contributed by atoms with Crippen LogP contribution in [0.2, 0.25) is 5.02 Å². The van der Waals surface area contributed by atoms with Gasteiger partial charge in [-0.25, -0.2) is 0 Å². The number of benzene rings is 2. The predicted octanol–water partition coefficient (Wildman–Crippen LogP) is 7.13. The molecule has 0 amide bonds. The maximum atomic E-state index is 12.6. The number of hydrogen-bond acceptors (Lipinski definition) is 3. The number of aryl methyl sites for hydroxylation is 2. The van der Waals surface area contributed by atoms with Gasteiger partial charge in [-0.05, 0) is 73.2 Å². The van der Waals surface area contributed by atoms with Crippen LogP contribution in [0.3, 0.4) is 0 Å². The summed E-state index contributed by atoms with van der Waals surface area (Å²) in [6.07, 6.45) is 4.61. The summed E-state index contributed by atoms with van der Waals surface area (Å²) >= 11 is 11.1. The van der Waals surface area contributed by atoms with Crippen LogP contribution in [0.1, 0.15) is 37.8 Å². The number of halogens is 3. The second kappa shape index (κ2) is 12.6. The predicted molar refractivity (Wildman–Crippen MR) is 117 cm³/mol. The van der Waals surface area contributed by atoms with Crippen LogP contribution in [-0.2, 0) is 12.8 Å². The fraction of sp³-hybridized carbons (Fsp3) is 0.391. The molecule has 0 aliphatic carbocycles. The number of unbranched alkanes of at least 4 members (excludes halogenated alkanes) is 1. The first-order valence-electron chi connectivity index (χ1n) is 9.84. The van der Waals surface area contributed by atoms with E-state index >= 15 is 0 Å². The van der Waals surface area contributed by atoms with E-state index in [2.05, 4.69) is 13.8 Å². The highest BCUT2D eigenvalue weighted by atomic mass is 35.5. The van der Waals surface area contributed by atoms with Crippen molar-refractivity contribution in [2.75, 3.05) is 19.8 Å². The molecule has 6 heteroatoms. The van der Waals surface area contributed by atoms with Gasteiger partial charge in [0.1, 0.15) is 23.9 Å². The van der Waals surface area contributed by atoms with Crippen molar-refractivity contribution >= 4 is 23.2 Å². The molecule has 0 unspecified atom stereocenters. The lowest BCUT2D eigenvalue weighted by atomic mass is 10.0. The van der Waals surface area contributed by atoms with Gasteiger partial charge in [-0.2, -0.15) is 4.39 Å². The summed E-state index contributed by atoms with van der Waals surface area (Å²) in [4.78, 5) is 0. The molecule has 0 radical (unpaired) electrons. The van der Waals surface area contributed by atoms with E-state index in [0.29, 0.717) is 24.0 Å². The van der Waals surface area contributed by atoms with Gasteiger partial charge in [-0.15, -0.1) is 0 Å². The molecule has 158 valence electrons. The van der Waals surface area contributed by atoms with Gasteiger partial charge in [0, 0.05) is 11.1 Å². The van der Waals surface area contributed by atoms with E-state index in [0.717, 1.165) is 48.3 Å². The summed E-state index contributed by atoms with van der Waals surface area (Å²) in [6.45, 7) is 5.48. The second-order valence-corrected chi connectivity index (χ2v) is 7.24. The second-order valence-electron chi connectivity index (χ2n) is 6.44. The van der Waals surface area contributed by atoms with E-state index in [1.54, 1.807) is 0 Å². The molecule has 0 saturated heterocycles. The van der Waals surface area contributed by atoms with Gasteiger partial charge in [-0.1, -0.05) is 37.0 Å². The normalized spacial score (nSPS) is 11.4. The first-order valence-corrected chi connectivity index (χ1v) is 10.6. The highest BCUT2D eigenvalue weighted by molar-refractivity contribution is 6.30. The topological polar surface area (TPSA) is 27.7 Å². The Morgan fingerprint density at radius 1 is 0.897 bits per heavy atom. The molecular formula is C23H27Cl2FO3. The van der Waals surface area contributed by atoms with E-state index < -0.39 is 5.29 Å². The number of hydrogen-bond donors (Lipinski definition) is 0. The fourth-order valence-electron chi connectivity index (χ4n) is 2.82. The minimum Gasteiger partial charge on any atom is -0.494 e. The molecule has 0 aliphatic heterocycles. The monoisotopic (exact) mass is 440 g/mol. The minimum absolute atomic E-state index is 0.0927. The zero-order valence-corrected chi connectivity index (χ0v) is 18.4. The molecule has 29 heavy (non-hydrogen) atoms. The van der Waals surface area contributed by atoms with Crippen LogP contribution in [0, 0.1) is 0 Å². The molecule has 0 bridgehead atoms. The van der Waals surface area contributed by atoms with Gasteiger partial charge in [0.15, 0.2) is 5.29 Å². The van der Waals surface area contributed by atoms with Gasteiger partial charge in [0.05, 0.1) is 13.2 Å². The van der Waals surface area contributed by atoms with Crippen LogP contribution < -0.4 is 14.2 Å².